The summed E-state index contributed by atoms with van der Waals surface area (Å²) in [5, 5.41) is 0.901. The van der Waals surface area contributed by atoms with Gasteiger partial charge in [0.15, 0.2) is 0 Å². The molecule has 1 rings (SSSR count). The lowest BCUT2D eigenvalue weighted by molar-refractivity contribution is 0.861. The molecule has 0 aliphatic carbocycles. The molecular weight excluding hydrogens is 306 g/mol. The Hall–Kier alpha value is -0.0200. The van der Waals surface area contributed by atoms with E-state index >= 15 is 0 Å². The minimum Gasteiger partial charge on any atom is -0.372 e. The molecule has 0 fully saturated rings. The Morgan fingerprint density at radius 2 is 1.86 bits per heavy atom. The lowest BCUT2D eigenvalue weighted by Crippen LogP contribution is -2.22. The molecule has 1 nitrogen and oxygen atoms in total. The molecule has 78 valence electrons. The topological polar surface area (TPSA) is 3.24 Å². The van der Waals surface area contributed by atoms with Crippen molar-refractivity contribution >= 4 is 37.5 Å². The Morgan fingerprint density at radius 3 is 2.36 bits per heavy atom. The summed E-state index contributed by atoms with van der Waals surface area (Å²) in [6.45, 7) is 6.48. The van der Waals surface area contributed by atoms with Gasteiger partial charge in [-0.25, -0.2) is 0 Å². The fourth-order valence-electron chi connectivity index (χ4n) is 1.53. The zero-order chi connectivity index (χ0) is 10.6. The summed E-state index contributed by atoms with van der Waals surface area (Å²) in [6, 6.07) is 6.44. The average molecular weight is 321 g/mol. The SMILES string of the molecule is CCN(CC)c1ccc(Br)cc1CBr. The van der Waals surface area contributed by atoms with E-state index in [1.165, 1.54) is 11.3 Å². The summed E-state index contributed by atoms with van der Waals surface area (Å²) in [4.78, 5) is 2.36. The highest BCUT2D eigenvalue weighted by molar-refractivity contribution is 9.10. The summed E-state index contributed by atoms with van der Waals surface area (Å²) in [5.41, 5.74) is 2.66. The molecule has 3 heteroatoms. The van der Waals surface area contributed by atoms with Crippen molar-refractivity contribution in [3.63, 3.8) is 0 Å². The molecule has 0 atom stereocenters. The quantitative estimate of drug-likeness (QED) is 0.752. The van der Waals surface area contributed by atoms with Crippen LogP contribution in [-0.2, 0) is 5.33 Å². The largest absolute Gasteiger partial charge is 0.372 e. The first-order chi connectivity index (χ1) is 6.72. The maximum Gasteiger partial charge on any atom is 0.0407 e. The second kappa shape index (κ2) is 5.76. The van der Waals surface area contributed by atoms with E-state index in [1.54, 1.807) is 0 Å². The third-order valence-electron chi connectivity index (χ3n) is 2.29. The normalized spacial score (nSPS) is 10.3. The van der Waals surface area contributed by atoms with E-state index in [-0.39, 0.29) is 0 Å². The molecule has 1 aromatic rings. The van der Waals surface area contributed by atoms with E-state index in [0.717, 1.165) is 22.9 Å². The third-order valence-corrected chi connectivity index (χ3v) is 3.39. The van der Waals surface area contributed by atoms with Gasteiger partial charge in [-0.15, -0.1) is 0 Å². The van der Waals surface area contributed by atoms with E-state index in [0.29, 0.717) is 0 Å². The number of rotatable bonds is 4. The summed E-state index contributed by atoms with van der Waals surface area (Å²) >= 11 is 7.01. The molecule has 0 spiro atoms. The number of nitrogens with zero attached hydrogens (tertiary/aromatic N) is 1. The minimum absolute atomic E-state index is 0.901. The predicted molar refractivity (Wildman–Crippen MR) is 70.3 cm³/mol. The summed E-state index contributed by atoms with van der Waals surface area (Å²) < 4.78 is 1.14. The highest BCUT2D eigenvalue weighted by Gasteiger charge is 2.07. The van der Waals surface area contributed by atoms with Gasteiger partial charge in [0.2, 0.25) is 0 Å². The van der Waals surface area contributed by atoms with E-state index in [4.69, 9.17) is 0 Å². The van der Waals surface area contributed by atoms with Gasteiger partial charge in [0.05, 0.1) is 0 Å². The number of alkyl halides is 1. The van der Waals surface area contributed by atoms with Crippen LogP contribution in [0.25, 0.3) is 0 Å². The van der Waals surface area contributed by atoms with Crippen LogP contribution in [0, 0.1) is 0 Å². The van der Waals surface area contributed by atoms with Gasteiger partial charge in [0.25, 0.3) is 0 Å². The molecule has 14 heavy (non-hydrogen) atoms. The van der Waals surface area contributed by atoms with Crippen LogP contribution in [0.5, 0.6) is 0 Å². The molecule has 0 aliphatic rings. The first kappa shape index (κ1) is 12.1. The van der Waals surface area contributed by atoms with Gasteiger partial charge in [-0.1, -0.05) is 31.9 Å². The molecule has 0 unspecified atom stereocenters. The van der Waals surface area contributed by atoms with Crippen molar-refractivity contribution in [3.8, 4) is 0 Å². The number of hydrogen-bond acceptors (Lipinski definition) is 1. The fraction of sp³-hybridized carbons (Fsp3) is 0.455. The van der Waals surface area contributed by atoms with Crippen LogP contribution in [0.4, 0.5) is 5.69 Å². The third kappa shape index (κ3) is 2.74. The van der Waals surface area contributed by atoms with Crippen molar-refractivity contribution in [2.24, 2.45) is 0 Å². The van der Waals surface area contributed by atoms with Gasteiger partial charge in [-0.05, 0) is 37.6 Å². The van der Waals surface area contributed by atoms with E-state index in [1.807, 2.05) is 0 Å². The molecule has 0 radical (unpaired) electrons. The molecule has 0 saturated carbocycles. The van der Waals surface area contributed by atoms with Gasteiger partial charge < -0.3 is 4.90 Å². The van der Waals surface area contributed by atoms with E-state index in [2.05, 4.69) is 68.8 Å². The lowest BCUT2D eigenvalue weighted by atomic mass is 10.2. The molecule has 0 aromatic heterocycles. The standard InChI is InChI=1S/C11H15Br2N/c1-3-14(4-2)11-6-5-10(13)7-9(11)8-12/h5-7H,3-4,8H2,1-2H3. The molecule has 1 aromatic carbocycles. The first-order valence-corrected chi connectivity index (χ1v) is 6.73. The van der Waals surface area contributed by atoms with Gasteiger partial charge in [0, 0.05) is 28.6 Å². The second-order valence-corrected chi connectivity index (χ2v) is 4.56. The van der Waals surface area contributed by atoms with Crippen molar-refractivity contribution in [2.45, 2.75) is 19.2 Å². The zero-order valence-electron chi connectivity index (χ0n) is 8.56. The maximum atomic E-state index is 3.52. The van der Waals surface area contributed by atoms with Gasteiger partial charge in [-0.2, -0.15) is 0 Å². The van der Waals surface area contributed by atoms with Crippen molar-refractivity contribution in [1.82, 2.24) is 0 Å². The smallest absolute Gasteiger partial charge is 0.0407 e. The molecule has 0 bridgehead atoms. The Kier molecular flexibility index (Phi) is 4.96. The average Bonchev–Trinajstić information content (AvgIpc) is 2.21. The molecule has 0 amide bonds. The Labute approximate surface area is 103 Å². The van der Waals surface area contributed by atoms with Crippen molar-refractivity contribution in [3.05, 3.63) is 28.2 Å². The van der Waals surface area contributed by atoms with Crippen LogP contribution in [0.3, 0.4) is 0 Å². The summed E-state index contributed by atoms with van der Waals surface area (Å²) in [7, 11) is 0. The van der Waals surface area contributed by atoms with Gasteiger partial charge in [0.1, 0.15) is 0 Å². The number of anilines is 1. The minimum atomic E-state index is 0.901. The van der Waals surface area contributed by atoms with Gasteiger partial charge >= 0.3 is 0 Å². The van der Waals surface area contributed by atoms with Gasteiger partial charge in [-0.3, -0.25) is 0 Å². The fourth-order valence-corrected chi connectivity index (χ4v) is 2.39. The van der Waals surface area contributed by atoms with Crippen LogP contribution in [0.15, 0.2) is 22.7 Å². The van der Waals surface area contributed by atoms with Crippen LogP contribution >= 0.6 is 31.9 Å². The number of halogens is 2. The number of hydrogen-bond donors (Lipinski definition) is 0. The van der Waals surface area contributed by atoms with E-state index < -0.39 is 0 Å². The molecule has 0 saturated heterocycles. The van der Waals surface area contributed by atoms with Crippen LogP contribution in [0.2, 0.25) is 0 Å². The number of benzene rings is 1. The van der Waals surface area contributed by atoms with Crippen LogP contribution in [0.1, 0.15) is 19.4 Å². The highest BCUT2D eigenvalue weighted by Crippen LogP contribution is 2.26. The molecule has 0 heterocycles. The molecule has 0 N–H and O–H groups in total. The van der Waals surface area contributed by atoms with Crippen molar-refractivity contribution in [2.75, 3.05) is 18.0 Å². The van der Waals surface area contributed by atoms with Crippen molar-refractivity contribution in [1.29, 1.82) is 0 Å². The first-order valence-electron chi connectivity index (χ1n) is 4.82. The van der Waals surface area contributed by atoms with Crippen LogP contribution < -0.4 is 4.90 Å². The summed E-state index contributed by atoms with van der Waals surface area (Å²) in [5.74, 6) is 0. The molecular formula is C11H15Br2N. The highest BCUT2D eigenvalue weighted by atomic mass is 79.9. The zero-order valence-corrected chi connectivity index (χ0v) is 11.7. The predicted octanol–water partition coefficient (Wildman–Crippen LogP) is 4.19. The Morgan fingerprint density at radius 1 is 1.21 bits per heavy atom. The Balaban J connectivity index is 3.06. The monoisotopic (exact) mass is 319 g/mol. The Bertz CT molecular complexity index is 295. The summed E-state index contributed by atoms with van der Waals surface area (Å²) in [6.07, 6.45) is 0. The second-order valence-electron chi connectivity index (χ2n) is 3.08. The molecule has 0 aliphatic heterocycles. The van der Waals surface area contributed by atoms with Crippen LogP contribution in [-0.4, -0.2) is 13.1 Å². The lowest BCUT2D eigenvalue weighted by Gasteiger charge is -2.23. The van der Waals surface area contributed by atoms with E-state index in [9.17, 15) is 0 Å². The maximum absolute atomic E-state index is 3.52. The van der Waals surface area contributed by atoms with Crippen molar-refractivity contribution < 1.29 is 0 Å².